The van der Waals surface area contributed by atoms with Crippen molar-refractivity contribution in [2.75, 3.05) is 19.1 Å². The average molecular weight is 195 g/mol. The van der Waals surface area contributed by atoms with Gasteiger partial charge >= 0.3 is 0 Å². The van der Waals surface area contributed by atoms with Crippen molar-refractivity contribution >= 4 is 5.69 Å². The Morgan fingerprint density at radius 3 is 2.64 bits per heavy atom. The van der Waals surface area contributed by atoms with Crippen LogP contribution in [0.2, 0.25) is 0 Å². The largest absolute Gasteiger partial charge is 0.494 e. The summed E-state index contributed by atoms with van der Waals surface area (Å²) in [6.45, 7) is 1.91. The molecule has 2 nitrogen and oxygen atoms in total. The number of methoxy groups -OCH3 is 1. The fourth-order valence-electron chi connectivity index (χ4n) is 1.18. The quantitative estimate of drug-likeness (QED) is 0.735. The topological polar surface area (TPSA) is 12.5 Å². The van der Waals surface area contributed by atoms with E-state index in [1.807, 2.05) is 37.2 Å². The standard InChI is InChI=1S/C11H14FNO/c1-4-7-13(2)9-5-6-11(14-3)10(12)8-9/h4-8H,1-3H3/b7-4-. The van der Waals surface area contributed by atoms with Gasteiger partial charge in [0, 0.05) is 18.8 Å². The van der Waals surface area contributed by atoms with Gasteiger partial charge in [0.05, 0.1) is 7.11 Å². The summed E-state index contributed by atoms with van der Waals surface area (Å²) in [6.07, 6.45) is 3.75. The molecule has 0 aliphatic rings. The molecule has 0 N–H and O–H groups in total. The molecule has 0 spiro atoms. The molecule has 0 fully saturated rings. The van der Waals surface area contributed by atoms with Crippen molar-refractivity contribution in [3.63, 3.8) is 0 Å². The molecule has 1 rings (SSSR count). The monoisotopic (exact) mass is 195 g/mol. The number of anilines is 1. The summed E-state index contributed by atoms with van der Waals surface area (Å²) in [5, 5.41) is 0. The lowest BCUT2D eigenvalue weighted by Gasteiger charge is -2.14. The molecule has 0 bridgehead atoms. The number of halogens is 1. The van der Waals surface area contributed by atoms with Crippen LogP contribution in [0.25, 0.3) is 0 Å². The van der Waals surface area contributed by atoms with E-state index in [0.717, 1.165) is 5.69 Å². The SMILES string of the molecule is C/C=C\N(C)c1ccc(OC)c(F)c1. The maximum absolute atomic E-state index is 13.3. The van der Waals surface area contributed by atoms with E-state index in [4.69, 9.17) is 4.74 Å². The van der Waals surface area contributed by atoms with E-state index in [1.165, 1.54) is 13.2 Å². The van der Waals surface area contributed by atoms with Gasteiger partial charge in [-0.2, -0.15) is 0 Å². The highest BCUT2D eigenvalue weighted by Gasteiger charge is 2.04. The molecule has 0 unspecified atom stereocenters. The first-order valence-electron chi connectivity index (χ1n) is 4.38. The number of nitrogens with zero attached hydrogens (tertiary/aromatic N) is 1. The molecule has 0 amide bonds. The smallest absolute Gasteiger partial charge is 0.167 e. The molecule has 1 aromatic rings. The molecule has 0 saturated carbocycles. The van der Waals surface area contributed by atoms with Gasteiger partial charge in [-0.05, 0) is 25.3 Å². The molecule has 0 aliphatic carbocycles. The van der Waals surface area contributed by atoms with Gasteiger partial charge in [-0.3, -0.25) is 0 Å². The van der Waals surface area contributed by atoms with Crippen LogP contribution < -0.4 is 9.64 Å². The maximum Gasteiger partial charge on any atom is 0.167 e. The number of hydrogen-bond acceptors (Lipinski definition) is 2. The second kappa shape index (κ2) is 4.65. The lowest BCUT2D eigenvalue weighted by molar-refractivity contribution is 0.386. The van der Waals surface area contributed by atoms with Gasteiger partial charge in [0.15, 0.2) is 11.6 Å². The average Bonchev–Trinajstić information content (AvgIpc) is 2.18. The zero-order valence-electron chi connectivity index (χ0n) is 8.62. The first kappa shape index (κ1) is 10.6. The lowest BCUT2D eigenvalue weighted by atomic mass is 10.2. The van der Waals surface area contributed by atoms with Crippen LogP contribution >= 0.6 is 0 Å². The highest BCUT2D eigenvalue weighted by molar-refractivity contribution is 5.51. The van der Waals surface area contributed by atoms with Crippen LogP contribution in [0.5, 0.6) is 5.75 Å². The highest BCUT2D eigenvalue weighted by atomic mass is 19.1. The van der Waals surface area contributed by atoms with Crippen molar-refractivity contribution in [1.82, 2.24) is 0 Å². The molecule has 0 radical (unpaired) electrons. The minimum Gasteiger partial charge on any atom is -0.494 e. The van der Waals surface area contributed by atoms with Crippen molar-refractivity contribution in [2.24, 2.45) is 0 Å². The van der Waals surface area contributed by atoms with Crippen LogP contribution in [0.1, 0.15) is 6.92 Å². The Balaban J connectivity index is 2.96. The number of benzene rings is 1. The molecule has 1 aromatic carbocycles. The van der Waals surface area contributed by atoms with Gasteiger partial charge in [0.2, 0.25) is 0 Å². The van der Waals surface area contributed by atoms with Crippen molar-refractivity contribution < 1.29 is 9.13 Å². The molecular weight excluding hydrogens is 181 g/mol. The van der Waals surface area contributed by atoms with Crippen LogP contribution in [0, 0.1) is 5.82 Å². The Labute approximate surface area is 83.6 Å². The van der Waals surface area contributed by atoms with Gasteiger partial charge in [0.25, 0.3) is 0 Å². The molecule has 0 aliphatic heterocycles. The maximum atomic E-state index is 13.3. The van der Waals surface area contributed by atoms with Gasteiger partial charge in [0.1, 0.15) is 0 Å². The molecular formula is C11H14FNO. The Kier molecular flexibility index (Phi) is 3.51. The summed E-state index contributed by atoms with van der Waals surface area (Å²) < 4.78 is 18.1. The fourth-order valence-corrected chi connectivity index (χ4v) is 1.18. The number of ether oxygens (including phenoxy) is 1. The third-order valence-corrected chi connectivity index (χ3v) is 1.92. The predicted molar refractivity (Wildman–Crippen MR) is 56.2 cm³/mol. The van der Waals surface area contributed by atoms with Crippen LogP contribution in [0.15, 0.2) is 30.5 Å². The Morgan fingerprint density at radius 2 is 2.14 bits per heavy atom. The third kappa shape index (κ3) is 2.25. The van der Waals surface area contributed by atoms with Crippen molar-refractivity contribution in [3.05, 3.63) is 36.3 Å². The van der Waals surface area contributed by atoms with E-state index in [9.17, 15) is 4.39 Å². The summed E-state index contributed by atoms with van der Waals surface area (Å²) in [6, 6.07) is 4.87. The molecule has 76 valence electrons. The van der Waals surface area contributed by atoms with Gasteiger partial charge < -0.3 is 9.64 Å². The van der Waals surface area contributed by atoms with Gasteiger partial charge in [-0.25, -0.2) is 4.39 Å². The normalized spacial score (nSPS) is 10.6. The van der Waals surface area contributed by atoms with E-state index < -0.39 is 0 Å². The summed E-state index contributed by atoms with van der Waals surface area (Å²) in [4.78, 5) is 1.84. The Morgan fingerprint density at radius 1 is 1.43 bits per heavy atom. The zero-order chi connectivity index (χ0) is 10.6. The number of rotatable bonds is 3. The van der Waals surface area contributed by atoms with Gasteiger partial charge in [-0.15, -0.1) is 0 Å². The fraction of sp³-hybridized carbons (Fsp3) is 0.273. The summed E-state index contributed by atoms with van der Waals surface area (Å²) in [5.41, 5.74) is 0.793. The highest BCUT2D eigenvalue weighted by Crippen LogP contribution is 2.22. The predicted octanol–water partition coefficient (Wildman–Crippen LogP) is 2.80. The second-order valence-electron chi connectivity index (χ2n) is 2.91. The molecule has 0 heterocycles. The minimum absolute atomic E-state index is 0.266. The van der Waals surface area contributed by atoms with Gasteiger partial charge in [-0.1, -0.05) is 6.08 Å². The second-order valence-corrected chi connectivity index (χ2v) is 2.91. The van der Waals surface area contributed by atoms with E-state index in [2.05, 4.69) is 0 Å². The number of hydrogen-bond donors (Lipinski definition) is 0. The Hall–Kier alpha value is -1.51. The first-order valence-corrected chi connectivity index (χ1v) is 4.38. The van der Waals surface area contributed by atoms with Crippen molar-refractivity contribution in [1.29, 1.82) is 0 Å². The summed E-state index contributed by atoms with van der Waals surface area (Å²) in [7, 11) is 3.31. The van der Waals surface area contributed by atoms with E-state index in [0.29, 0.717) is 0 Å². The van der Waals surface area contributed by atoms with Crippen LogP contribution in [-0.2, 0) is 0 Å². The molecule has 3 heteroatoms. The van der Waals surface area contributed by atoms with E-state index in [1.54, 1.807) is 6.07 Å². The van der Waals surface area contributed by atoms with Crippen LogP contribution in [0.4, 0.5) is 10.1 Å². The van der Waals surface area contributed by atoms with Crippen molar-refractivity contribution in [3.8, 4) is 5.75 Å². The zero-order valence-corrected chi connectivity index (χ0v) is 8.62. The number of allylic oxidation sites excluding steroid dienone is 1. The first-order chi connectivity index (χ1) is 6.69. The Bertz CT molecular complexity index is 336. The summed E-state index contributed by atoms with van der Waals surface area (Å²) in [5.74, 6) is -0.0796. The molecule has 0 atom stereocenters. The minimum atomic E-state index is -0.346. The lowest BCUT2D eigenvalue weighted by Crippen LogP contribution is -2.07. The molecule has 0 aromatic heterocycles. The van der Waals surface area contributed by atoms with E-state index in [-0.39, 0.29) is 11.6 Å². The molecule has 14 heavy (non-hydrogen) atoms. The van der Waals surface area contributed by atoms with Crippen LogP contribution in [-0.4, -0.2) is 14.2 Å². The van der Waals surface area contributed by atoms with Crippen LogP contribution in [0.3, 0.4) is 0 Å². The van der Waals surface area contributed by atoms with Crippen molar-refractivity contribution in [2.45, 2.75) is 6.92 Å². The molecule has 0 saturated heterocycles. The van der Waals surface area contributed by atoms with E-state index >= 15 is 0 Å². The summed E-state index contributed by atoms with van der Waals surface area (Å²) >= 11 is 0. The third-order valence-electron chi connectivity index (χ3n) is 1.92.